The Labute approximate surface area is 88.3 Å². The number of nitrogens with two attached hydrogens (primary N) is 1. The highest BCUT2D eigenvalue weighted by Crippen LogP contribution is 2.14. The zero-order chi connectivity index (χ0) is 11.4. The highest BCUT2D eigenvalue weighted by molar-refractivity contribution is 5.92. The Morgan fingerprint density at radius 3 is 2.73 bits per heavy atom. The summed E-state index contributed by atoms with van der Waals surface area (Å²) in [6, 6.07) is 6.43. The van der Waals surface area contributed by atoms with E-state index >= 15 is 0 Å². The van der Waals surface area contributed by atoms with Crippen LogP contribution in [0.15, 0.2) is 18.2 Å². The molecule has 1 aromatic rings. The predicted octanol–water partition coefficient (Wildman–Crippen LogP) is 1.71. The molecule has 0 aliphatic heterocycles. The lowest BCUT2D eigenvalue weighted by atomic mass is 10.1. The van der Waals surface area contributed by atoms with Gasteiger partial charge in [0.15, 0.2) is 0 Å². The minimum absolute atomic E-state index is 0.207. The second-order valence-corrected chi connectivity index (χ2v) is 3.37. The van der Waals surface area contributed by atoms with E-state index in [2.05, 4.69) is 0 Å². The van der Waals surface area contributed by atoms with Gasteiger partial charge >= 0.3 is 5.97 Å². The highest BCUT2D eigenvalue weighted by Gasteiger charge is 2.13. The second kappa shape index (κ2) is 4.47. The van der Waals surface area contributed by atoms with Crippen molar-refractivity contribution in [3.8, 4) is 6.07 Å². The van der Waals surface area contributed by atoms with E-state index in [9.17, 15) is 4.79 Å². The van der Waals surface area contributed by atoms with Crippen molar-refractivity contribution in [1.29, 1.82) is 5.26 Å². The van der Waals surface area contributed by atoms with Gasteiger partial charge in [-0.2, -0.15) is 5.26 Å². The number of nitrogen functional groups attached to an aromatic ring is 1. The van der Waals surface area contributed by atoms with Crippen molar-refractivity contribution in [2.45, 2.75) is 20.0 Å². The first-order valence-electron chi connectivity index (χ1n) is 4.55. The number of esters is 1. The van der Waals surface area contributed by atoms with Crippen LogP contribution in [0.1, 0.15) is 29.8 Å². The summed E-state index contributed by atoms with van der Waals surface area (Å²) in [7, 11) is 0. The largest absolute Gasteiger partial charge is 0.459 e. The predicted molar refractivity (Wildman–Crippen MR) is 56.1 cm³/mol. The number of nitrogens with zero attached hydrogens (tertiary/aromatic N) is 1. The molecule has 0 heterocycles. The molecule has 0 fully saturated rings. The van der Waals surface area contributed by atoms with E-state index in [-0.39, 0.29) is 17.2 Å². The maximum absolute atomic E-state index is 11.5. The minimum atomic E-state index is -0.499. The Morgan fingerprint density at radius 2 is 2.20 bits per heavy atom. The maximum Gasteiger partial charge on any atom is 0.339 e. The van der Waals surface area contributed by atoms with Crippen LogP contribution in [0.2, 0.25) is 0 Å². The van der Waals surface area contributed by atoms with E-state index in [0.717, 1.165) is 0 Å². The van der Waals surface area contributed by atoms with Gasteiger partial charge in [-0.05, 0) is 32.0 Å². The zero-order valence-electron chi connectivity index (χ0n) is 8.65. The molecule has 1 aromatic carbocycles. The molecule has 0 radical (unpaired) electrons. The molecular formula is C11H12N2O2. The Hall–Kier alpha value is -2.02. The Morgan fingerprint density at radius 1 is 1.53 bits per heavy atom. The number of nitriles is 1. The molecule has 2 N–H and O–H groups in total. The molecular weight excluding hydrogens is 192 g/mol. The molecule has 0 unspecified atom stereocenters. The SMILES string of the molecule is CC(C)OC(=O)c1ccc(N)cc1C#N. The van der Waals surface area contributed by atoms with Crippen LogP contribution in [0.25, 0.3) is 0 Å². The zero-order valence-corrected chi connectivity index (χ0v) is 8.65. The second-order valence-electron chi connectivity index (χ2n) is 3.37. The van der Waals surface area contributed by atoms with Crippen molar-refractivity contribution in [3.05, 3.63) is 29.3 Å². The van der Waals surface area contributed by atoms with E-state index in [1.165, 1.54) is 12.1 Å². The molecule has 0 amide bonds. The van der Waals surface area contributed by atoms with Gasteiger partial charge in [-0.3, -0.25) is 0 Å². The average Bonchev–Trinajstić information content (AvgIpc) is 2.16. The van der Waals surface area contributed by atoms with E-state index < -0.39 is 5.97 Å². The first kappa shape index (κ1) is 11.1. The lowest BCUT2D eigenvalue weighted by molar-refractivity contribution is 0.0377. The molecule has 78 valence electrons. The van der Waals surface area contributed by atoms with Crippen LogP contribution in [-0.4, -0.2) is 12.1 Å². The fraction of sp³-hybridized carbons (Fsp3) is 0.273. The molecule has 0 saturated carbocycles. The number of carbonyl (C=O) groups is 1. The van der Waals surface area contributed by atoms with E-state index in [4.69, 9.17) is 15.7 Å². The quantitative estimate of drug-likeness (QED) is 0.587. The smallest absolute Gasteiger partial charge is 0.339 e. The lowest BCUT2D eigenvalue weighted by Gasteiger charge is -2.08. The van der Waals surface area contributed by atoms with Crippen molar-refractivity contribution in [1.82, 2.24) is 0 Å². The average molecular weight is 204 g/mol. The molecule has 1 rings (SSSR count). The van der Waals surface area contributed by atoms with Crippen LogP contribution in [0, 0.1) is 11.3 Å². The molecule has 0 atom stereocenters. The van der Waals surface area contributed by atoms with Gasteiger partial charge in [0, 0.05) is 5.69 Å². The molecule has 4 heteroatoms. The van der Waals surface area contributed by atoms with Crippen LogP contribution < -0.4 is 5.73 Å². The number of ether oxygens (including phenoxy) is 1. The molecule has 0 bridgehead atoms. The van der Waals surface area contributed by atoms with Gasteiger partial charge in [-0.15, -0.1) is 0 Å². The molecule has 0 aromatic heterocycles. The van der Waals surface area contributed by atoms with Crippen LogP contribution in [0.5, 0.6) is 0 Å². The van der Waals surface area contributed by atoms with Gasteiger partial charge in [0.2, 0.25) is 0 Å². The number of rotatable bonds is 2. The van der Waals surface area contributed by atoms with Crippen molar-refractivity contribution in [2.75, 3.05) is 5.73 Å². The summed E-state index contributed by atoms with van der Waals surface area (Å²) >= 11 is 0. The van der Waals surface area contributed by atoms with Crippen molar-refractivity contribution in [2.24, 2.45) is 0 Å². The fourth-order valence-electron chi connectivity index (χ4n) is 1.11. The third kappa shape index (κ3) is 2.71. The Bertz CT molecular complexity index is 419. The summed E-state index contributed by atoms with van der Waals surface area (Å²) in [5, 5.41) is 8.81. The van der Waals surface area contributed by atoms with Crippen molar-refractivity contribution in [3.63, 3.8) is 0 Å². The normalized spacial score (nSPS) is 9.73. The van der Waals surface area contributed by atoms with E-state index in [1.807, 2.05) is 6.07 Å². The maximum atomic E-state index is 11.5. The summed E-state index contributed by atoms with van der Waals surface area (Å²) < 4.78 is 4.99. The van der Waals surface area contributed by atoms with Gasteiger partial charge in [0.25, 0.3) is 0 Å². The summed E-state index contributed by atoms with van der Waals surface area (Å²) in [4.78, 5) is 11.5. The molecule has 0 saturated heterocycles. The summed E-state index contributed by atoms with van der Waals surface area (Å²) in [6.45, 7) is 3.50. The number of hydrogen-bond donors (Lipinski definition) is 1. The van der Waals surface area contributed by atoms with Gasteiger partial charge in [0.1, 0.15) is 6.07 Å². The Balaban J connectivity index is 3.04. The number of anilines is 1. The number of hydrogen-bond acceptors (Lipinski definition) is 4. The third-order valence-electron chi connectivity index (χ3n) is 1.73. The summed E-state index contributed by atoms with van der Waals surface area (Å²) in [5.41, 5.74) is 6.44. The van der Waals surface area contributed by atoms with Gasteiger partial charge < -0.3 is 10.5 Å². The minimum Gasteiger partial charge on any atom is -0.459 e. The van der Waals surface area contributed by atoms with Crippen LogP contribution in [0.3, 0.4) is 0 Å². The van der Waals surface area contributed by atoms with Crippen LogP contribution >= 0.6 is 0 Å². The fourth-order valence-corrected chi connectivity index (χ4v) is 1.11. The van der Waals surface area contributed by atoms with Gasteiger partial charge in [-0.25, -0.2) is 4.79 Å². The first-order valence-corrected chi connectivity index (χ1v) is 4.55. The summed E-state index contributed by atoms with van der Waals surface area (Å²) in [6.07, 6.45) is -0.207. The van der Waals surface area contributed by atoms with E-state index in [1.54, 1.807) is 19.9 Å². The Kier molecular flexibility index (Phi) is 3.29. The molecule has 0 spiro atoms. The van der Waals surface area contributed by atoms with E-state index in [0.29, 0.717) is 5.69 Å². The van der Waals surface area contributed by atoms with Crippen LogP contribution in [0.4, 0.5) is 5.69 Å². The number of benzene rings is 1. The monoisotopic (exact) mass is 204 g/mol. The third-order valence-corrected chi connectivity index (χ3v) is 1.73. The van der Waals surface area contributed by atoms with Crippen LogP contribution in [-0.2, 0) is 4.74 Å². The molecule has 0 aliphatic rings. The van der Waals surface area contributed by atoms with Crippen molar-refractivity contribution >= 4 is 11.7 Å². The topological polar surface area (TPSA) is 76.1 Å². The molecule has 15 heavy (non-hydrogen) atoms. The first-order chi connectivity index (χ1) is 7.04. The van der Waals surface area contributed by atoms with Crippen molar-refractivity contribution < 1.29 is 9.53 Å². The number of carbonyl (C=O) groups excluding carboxylic acids is 1. The van der Waals surface area contributed by atoms with Gasteiger partial charge in [0.05, 0.1) is 17.2 Å². The molecule has 0 aliphatic carbocycles. The summed E-state index contributed by atoms with van der Waals surface area (Å²) in [5.74, 6) is -0.499. The highest BCUT2D eigenvalue weighted by atomic mass is 16.5. The molecule has 4 nitrogen and oxygen atoms in total. The standard InChI is InChI=1S/C11H12N2O2/c1-7(2)15-11(14)10-4-3-9(13)5-8(10)6-12/h3-5,7H,13H2,1-2H3. The van der Waals surface area contributed by atoms with Gasteiger partial charge in [-0.1, -0.05) is 0 Å². The lowest BCUT2D eigenvalue weighted by Crippen LogP contribution is -2.13.